The maximum Gasteiger partial charge on any atom is 0.359 e. The maximum absolute atomic E-state index is 12.4. The number of nitrogens with one attached hydrogen (secondary N) is 1. The highest BCUT2D eigenvalue weighted by Gasteiger charge is 2.23. The summed E-state index contributed by atoms with van der Waals surface area (Å²) >= 11 is 0. The van der Waals surface area contributed by atoms with E-state index in [-0.39, 0.29) is 18.2 Å². The Hall–Kier alpha value is -3.55. The molecule has 150 valence electrons. The number of fused-ring (bicyclic) bond motifs is 1. The van der Waals surface area contributed by atoms with Gasteiger partial charge in [0.05, 0.1) is 12.6 Å². The number of anilines is 1. The smallest absolute Gasteiger partial charge is 0.359 e. The first kappa shape index (κ1) is 18.8. The molecule has 8 nitrogen and oxygen atoms in total. The lowest BCUT2D eigenvalue weighted by Crippen LogP contribution is -2.49. The predicted molar refractivity (Wildman–Crippen MR) is 108 cm³/mol. The molecule has 1 amide bonds. The van der Waals surface area contributed by atoms with Crippen LogP contribution < -0.4 is 9.64 Å². The summed E-state index contributed by atoms with van der Waals surface area (Å²) < 4.78 is 10.4. The second kappa shape index (κ2) is 8.22. The molecule has 2 heterocycles. The number of piperazine rings is 1. The minimum atomic E-state index is -0.604. The number of methoxy groups -OCH3 is 1. The zero-order valence-electron chi connectivity index (χ0n) is 16.1. The number of hydrogen-bond acceptors (Lipinski definition) is 6. The van der Waals surface area contributed by atoms with Gasteiger partial charge in [-0.05, 0) is 30.3 Å². The predicted octanol–water partition coefficient (Wildman–Crippen LogP) is 2.08. The van der Waals surface area contributed by atoms with Crippen molar-refractivity contribution in [1.82, 2.24) is 15.1 Å². The summed E-state index contributed by atoms with van der Waals surface area (Å²) in [6, 6.07) is 15.1. The van der Waals surface area contributed by atoms with Crippen LogP contribution in [0.5, 0.6) is 5.75 Å². The van der Waals surface area contributed by atoms with Crippen molar-refractivity contribution in [2.75, 3.05) is 44.8 Å². The van der Waals surface area contributed by atoms with Crippen LogP contribution in [-0.4, -0.2) is 66.9 Å². The van der Waals surface area contributed by atoms with Crippen molar-refractivity contribution in [3.8, 4) is 5.75 Å². The third-order valence-electron chi connectivity index (χ3n) is 5.06. The number of carbonyl (C=O) groups excluding carboxylic acids is 2. The molecule has 3 aromatic rings. The van der Waals surface area contributed by atoms with Gasteiger partial charge in [-0.3, -0.25) is 9.89 Å². The summed E-state index contributed by atoms with van der Waals surface area (Å²) in [6.45, 7) is 2.30. The van der Waals surface area contributed by atoms with Gasteiger partial charge >= 0.3 is 5.97 Å². The molecular formula is C21H22N4O4. The monoisotopic (exact) mass is 394 g/mol. The molecule has 0 aliphatic carbocycles. The quantitative estimate of drug-likeness (QED) is 0.667. The Bertz CT molecular complexity index is 1010. The van der Waals surface area contributed by atoms with Gasteiger partial charge in [-0.15, -0.1) is 0 Å². The van der Waals surface area contributed by atoms with Crippen LogP contribution in [-0.2, 0) is 9.53 Å². The lowest BCUT2D eigenvalue weighted by atomic mass is 10.2. The molecule has 0 saturated carbocycles. The van der Waals surface area contributed by atoms with E-state index in [4.69, 9.17) is 9.47 Å². The molecule has 1 aromatic heterocycles. The Labute approximate surface area is 168 Å². The molecule has 0 atom stereocenters. The third-order valence-corrected chi connectivity index (χ3v) is 5.06. The van der Waals surface area contributed by atoms with Gasteiger partial charge in [-0.1, -0.05) is 18.2 Å². The molecule has 2 aromatic carbocycles. The molecule has 1 fully saturated rings. The van der Waals surface area contributed by atoms with Gasteiger partial charge in [0.15, 0.2) is 12.3 Å². The molecule has 0 bridgehead atoms. The zero-order chi connectivity index (χ0) is 20.2. The Morgan fingerprint density at radius 3 is 2.48 bits per heavy atom. The van der Waals surface area contributed by atoms with E-state index in [0.29, 0.717) is 18.5 Å². The fourth-order valence-corrected chi connectivity index (χ4v) is 3.41. The Morgan fingerprint density at radius 2 is 1.76 bits per heavy atom. The highest BCUT2D eigenvalue weighted by atomic mass is 16.5. The van der Waals surface area contributed by atoms with Gasteiger partial charge < -0.3 is 19.3 Å². The Balaban J connectivity index is 1.29. The molecule has 1 aliphatic rings. The van der Waals surface area contributed by atoms with Gasteiger partial charge in [-0.2, -0.15) is 5.10 Å². The van der Waals surface area contributed by atoms with Gasteiger partial charge in [0.2, 0.25) is 0 Å². The number of aromatic nitrogens is 2. The van der Waals surface area contributed by atoms with Crippen molar-refractivity contribution >= 4 is 28.5 Å². The lowest BCUT2D eigenvalue weighted by Gasteiger charge is -2.36. The van der Waals surface area contributed by atoms with Crippen LogP contribution >= 0.6 is 0 Å². The molecule has 8 heteroatoms. The van der Waals surface area contributed by atoms with Crippen LogP contribution in [0.4, 0.5) is 5.69 Å². The van der Waals surface area contributed by atoms with Crippen LogP contribution in [0.15, 0.2) is 48.5 Å². The summed E-state index contributed by atoms with van der Waals surface area (Å²) in [7, 11) is 1.64. The van der Waals surface area contributed by atoms with E-state index < -0.39 is 5.97 Å². The summed E-state index contributed by atoms with van der Waals surface area (Å²) in [5, 5.41) is 7.47. The molecule has 0 unspecified atom stereocenters. The molecule has 0 radical (unpaired) electrons. The van der Waals surface area contributed by atoms with E-state index in [2.05, 4.69) is 15.1 Å². The molecule has 4 rings (SSSR count). The van der Waals surface area contributed by atoms with Crippen LogP contribution in [0.3, 0.4) is 0 Å². The van der Waals surface area contributed by atoms with Crippen molar-refractivity contribution in [2.24, 2.45) is 0 Å². The highest BCUT2D eigenvalue weighted by Crippen LogP contribution is 2.20. The first-order valence-corrected chi connectivity index (χ1v) is 9.43. The zero-order valence-corrected chi connectivity index (χ0v) is 16.1. The summed E-state index contributed by atoms with van der Waals surface area (Å²) in [4.78, 5) is 28.7. The van der Waals surface area contributed by atoms with E-state index in [1.165, 1.54) is 0 Å². The number of rotatable bonds is 5. The first-order chi connectivity index (χ1) is 14.2. The fraction of sp³-hybridized carbons (Fsp3) is 0.286. The van der Waals surface area contributed by atoms with E-state index in [0.717, 1.165) is 30.0 Å². The highest BCUT2D eigenvalue weighted by molar-refractivity contribution is 6.02. The van der Waals surface area contributed by atoms with Gasteiger partial charge in [-0.25, -0.2) is 4.79 Å². The minimum Gasteiger partial charge on any atom is -0.497 e. The number of ether oxygens (including phenoxy) is 2. The van der Waals surface area contributed by atoms with E-state index in [1.54, 1.807) is 18.1 Å². The molecule has 0 spiro atoms. The van der Waals surface area contributed by atoms with Crippen molar-refractivity contribution in [3.05, 3.63) is 54.2 Å². The first-order valence-electron chi connectivity index (χ1n) is 9.43. The number of aromatic amines is 1. The average Bonchev–Trinajstić information content (AvgIpc) is 3.22. The Kier molecular flexibility index (Phi) is 5.33. The molecule has 1 saturated heterocycles. The van der Waals surface area contributed by atoms with Crippen LogP contribution in [0, 0.1) is 0 Å². The number of esters is 1. The minimum absolute atomic E-state index is 0.192. The average molecular weight is 394 g/mol. The topological polar surface area (TPSA) is 87.8 Å². The van der Waals surface area contributed by atoms with Crippen molar-refractivity contribution in [2.45, 2.75) is 0 Å². The number of benzene rings is 2. The van der Waals surface area contributed by atoms with Crippen LogP contribution in [0.25, 0.3) is 10.9 Å². The number of hydrogen-bond donors (Lipinski definition) is 1. The summed E-state index contributed by atoms with van der Waals surface area (Å²) in [5.41, 5.74) is 2.04. The van der Waals surface area contributed by atoms with Gasteiger partial charge in [0.25, 0.3) is 5.91 Å². The molecule has 29 heavy (non-hydrogen) atoms. The molecular weight excluding hydrogens is 372 g/mol. The van der Waals surface area contributed by atoms with Crippen LogP contribution in [0.1, 0.15) is 10.5 Å². The third kappa shape index (κ3) is 4.01. The largest absolute Gasteiger partial charge is 0.497 e. The summed E-state index contributed by atoms with van der Waals surface area (Å²) in [5.74, 6) is 0.00862. The van der Waals surface area contributed by atoms with E-state index in [9.17, 15) is 9.59 Å². The Morgan fingerprint density at radius 1 is 1.03 bits per heavy atom. The second-order valence-corrected chi connectivity index (χ2v) is 6.76. The SMILES string of the molecule is COc1ccc(N2CCN(C(=O)COC(=O)c3n[nH]c4ccccc34)CC2)cc1. The van der Waals surface area contributed by atoms with E-state index in [1.807, 2.05) is 42.5 Å². The number of amides is 1. The van der Waals surface area contributed by atoms with E-state index >= 15 is 0 Å². The van der Waals surface area contributed by atoms with Gasteiger partial charge in [0, 0.05) is 37.3 Å². The van der Waals surface area contributed by atoms with Crippen molar-refractivity contribution in [3.63, 3.8) is 0 Å². The second-order valence-electron chi connectivity index (χ2n) is 6.76. The number of para-hydroxylation sites is 1. The van der Waals surface area contributed by atoms with Crippen molar-refractivity contribution in [1.29, 1.82) is 0 Å². The number of carbonyl (C=O) groups is 2. The lowest BCUT2D eigenvalue weighted by molar-refractivity contribution is -0.134. The standard InChI is InChI=1S/C21H22N4O4/c1-28-16-8-6-15(7-9-16)24-10-12-25(13-11-24)19(26)14-29-21(27)20-17-4-2-3-5-18(17)22-23-20/h2-9H,10-14H2,1H3,(H,22,23). The number of H-pyrrole nitrogens is 1. The maximum atomic E-state index is 12.4. The summed E-state index contributed by atoms with van der Waals surface area (Å²) in [6.07, 6.45) is 0. The number of nitrogens with zero attached hydrogens (tertiary/aromatic N) is 3. The molecule has 1 N–H and O–H groups in total. The van der Waals surface area contributed by atoms with Gasteiger partial charge in [0.1, 0.15) is 5.75 Å². The van der Waals surface area contributed by atoms with Crippen molar-refractivity contribution < 1.29 is 19.1 Å². The fourth-order valence-electron chi connectivity index (χ4n) is 3.41. The normalized spacial score (nSPS) is 14.1. The van der Waals surface area contributed by atoms with Crippen LogP contribution in [0.2, 0.25) is 0 Å². The molecule has 1 aliphatic heterocycles.